The number of hydrogen-bond donors (Lipinski definition) is 2. The van der Waals surface area contributed by atoms with Crippen LogP contribution in [0.1, 0.15) is 39.0 Å². The van der Waals surface area contributed by atoms with E-state index in [0.717, 1.165) is 18.9 Å². The summed E-state index contributed by atoms with van der Waals surface area (Å²) in [5.74, 6) is 1.00. The van der Waals surface area contributed by atoms with Crippen molar-refractivity contribution in [2.24, 2.45) is 5.92 Å². The summed E-state index contributed by atoms with van der Waals surface area (Å²) in [5.41, 5.74) is 0. The number of rotatable bonds is 4. The first kappa shape index (κ1) is 9.97. The molecule has 0 aromatic heterocycles. The van der Waals surface area contributed by atoms with Crippen molar-refractivity contribution in [2.75, 3.05) is 6.54 Å². The number of amides is 1. The van der Waals surface area contributed by atoms with Crippen LogP contribution in [0.3, 0.4) is 0 Å². The van der Waals surface area contributed by atoms with Gasteiger partial charge in [0, 0.05) is 18.5 Å². The third-order valence-corrected chi connectivity index (χ3v) is 3.39. The van der Waals surface area contributed by atoms with E-state index in [9.17, 15) is 4.79 Å². The van der Waals surface area contributed by atoms with Gasteiger partial charge in [0.05, 0.1) is 0 Å². The summed E-state index contributed by atoms with van der Waals surface area (Å²) in [6, 6.07) is 0.933. The quantitative estimate of drug-likeness (QED) is 0.705. The molecule has 0 aromatic carbocycles. The summed E-state index contributed by atoms with van der Waals surface area (Å²) < 4.78 is 0. The van der Waals surface area contributed by atoms with Gasteiger partial charge in [-0.05, 0) is 31.7 Å². The first-order valence-corrected chi connectivity index (χ1v) is 5.82. The second-order valence-corrected chi connectivity index (χ2v) is 4.58. The minimum absolute atomic E-state index is 0.241. The molecule has 1 saturated heterocycles. The maximum Gasteiger partial charge on any atom is 0.221 e. The highest BCUT2D eigenvalue weighted by Gasteiger charge is 2.36. The second kappa shape index (κ2) is 4.30. The van der Waals surface area contributed by atoms with E-state index in [4.69, 9.17) is 0 Å². The molecule has 1 saturated carbocycles. The van der Waals surface area contributed by atoms with E-state index in [0.29, 0.717) is 18.5 Å². The molecule has 1 heterocycles. The summed E-state index contributed by atoms with van der Waals surface area (Å²) >= 11 is 0. The lowest BCUT2D eigenvalue weighted by molar-refractivity contribution is -0.121. The standard InChI is InChI=1S/C11H20N2O/c1-2-8-6-10(8)13-11(14)7-9-4-3-5-12-9/h8-10,12H,2-7H2,1H3,(H,13,14). The van der Waals surface area contributed by atoms with Crippen LogP contribution < -0.4 is 10.6 Å². The zero-order chi connectivity index (χ0) is 9.97. The molecule has 0 bridgehead atoms. The average molecular weight is 196 g/mol. The molecular weight excluding hydrogens is 176 g/mol. The van der Waals surface area contributed by atoms with Gasteiger partial charge in [-0.2, -0.15) is 0 Å². The van der Waals surface area contributed by atoms with E-state index >= 15 is 0 Å². The SMILES string of the molecule is CCC1CC1NC(=O)CC1CCCN1. The zero-order valence-corrected chi connectivity index (χ0v) is 8.88. The molecule has 2 N–H and O–H groups in total. The van der Waals surface area contributed by atoms with Crippen molar-refractivity contribution in [1.29, 1.82) is 0 Å². The van der Waals surface area contributed by atoms with Crippen LogP contribution in [0.15, 0.2) is 0 Å². The predicted molar refractivity (Wildman–Crippen MR) is 56.0 cm³/mol. The minimum Gasteiger partial charge on any atom is -0.353 e. The minimum atomic E-state index is 0.241. The molecule has 2 fully saturated rings. The molecule has 14 heavy (non-hydrogen) atoms. The Labute approximate surface area is 85.6 Å². The van der Waals surface area contributed by atoms with Crippen molar-refractivity contribution >= 4 is 5.91 Å². The molecule has 3 atom stereocenters. The maximum absolute atomic E-state index is 11.6. The first-order chi connectivity index (χ1) is 6.79. The maximum atomic E-state index is 11.6. The molecule has 1 amide bonds. The molecule has 80 valence electrons. The summed E-state index contributed by atoms with van der Waals surface area (Å²) in [7, 11) is 0. The van der Waals surface area contributed by atoms with E-state index < -0.39 is 0 Å². The van der Waals surface area contributed by atoms with Gasteiger partial charge in [-0.3, -0.25) is 4.79 Å². The van der Waals surface area contributed by atoms with E-state index in [2.05, 4.69) is 17.6 Å². The van der Waals surface area contributed by atoms with Crippen molar-refractivity contribution in [2.45, 2.75) is 51.1 Å². The van der Waals surface area contributed by atoms with Gasteiger partial charge in [0.25, 0.3) is 0 Å². The van der Waals surface area contributed by atoms with Crippen LogP contribution in [0.25, 0.3) is 0 Å². The fourth-order valence-electron chi connectivity index (χ4n) is 2.30. The second-order valence-electron chi connectivity index (χ2n) is 4.58. The van der Waals surface area contributed by atoms with E-state index in [1.807, 2.05) is 0 Å². The van der Waals surface area contributed by atoms with Crippen LogP contribution >= 0.6 is 0 Å². The van der Waals surface area contributed by atoms with Gasteiger partial charge < -0.3 is 10.6 Å². The molecule has 2 rings (SSSR count). The van der Waals surface area contributed by atoms with Crippen LogP contribution in [-0.4, -0.2) is 24.5 Å². The molecule has 2 aliphatic rings. The highest BCUT2D eigenvalue weighted by Crippen LogP contribution is 2.33. The molecule has 1 aliphatic heterocycles. The number of carbonyl (C=O) groups excluding carboxylic acids is 1. The fraction of sp³-hybridized carbons (Fsp3) is 0.909. The Hall–Kier alpha value is -0.570. The fourth-order valence-corrected chi connectivity index (χ4v) is 2.30. The highest BCUT2D eigenvalue weighted by molar-refractivity contribution is 5.77. The Morgan fingerprint density at radius 2 is 2.43 bits per heavy atom. The molecule has 0 radical (unpaired) electrons. The molecule has 3 heteroatoms. The lowest BCUT2D eigenvalue weighted by Gasteiger charge is -2.09. The Morgan fingerprint density at radius 1 is 1.57 bits per heavy atom. The molecular formula is C11H20N2O. The average Bonchev–Trinajstić information content (AvgIpc) is 2.69. The molecule has 3 unspecified atom stereocenters. The van der Waals surface area contributed by atoms with Crippen molar-refractivity contribution in [3.63, 3.8) is 0 Å². The van der Waals surface area contributed by atoms with Crippen molar-refractivity contribution in [3.05, 3.63) is 0 Å². The zero-order valence-electron chi connectivity index (χ0n) is 8.88. The smallest absolute Gasteiger partial charge is 0.221 e. The van der Waals surface area contributed by atoms with Crippen LogP contribution in [0.2, 0.25) is 0 Å². The predicted octanol–water partition coefficient (Wildman–Crippen LogP) is 1.04. The normalized spacial score (nSPS) is 35.6. The van der Waals surface area contributed by atoms with Crippen molar-refractivity contribution < 1.29 is 4.79 Å². The Kier molecular flexibility index (Phi) is 3.06. The molecule has 0 spiro atoms. The van der Waals surface area contributed by atoms with Gasteiger partial charge in [0.2, 0.25) is 5.91 Å². The third kappa shape index (κ3) is 2.47. The van der Waals surface area contributed by atoms with Crippen molar-refractivity contribution in [1.82, 2.24) is 10.6 Å². The summed E-state index contributed by atoms with van der Waals surface area (Å²) in [5, 5.41) is 6.45. The van der Waals surface area contributed by atoms with E-state index in [1.165, 1.54) is 19.3 Å². The van der Waals surface area contributed by atoms with Gasteiger partial charge in [-0.15, -0.1) is 0 Å². The Balaban J connectivity index is 1.64. The Morgan fingerprint density at radius 3 is 3.00 bits per heavy atom. The lowest BCUT2D eigenvalue weighted by Crippen LogP contribution is -2.33. The monoisotopic (exact) mass is 196 g/mol. The van der Waals surface area contributed by atoms with Crippen LogP contribution in [0.4, 0.5) is 0 Å². The largest absolute Gasteiger partial charge is 0.353 e. The Bertz CT molecular complexity index is 211. The number of nitrogens with one attached hydrogen (secondary N) is 2. The number of hydrogen-bond acceptors (Lipinski definition) is 2. The van der Waals surface area contributed by atoms with Crippen LogP contribution in [0, 0.1) is 5.92 Å². The molecule has 0 aromatic rings. The third-order valence-electron chi connectivity index (χ3n) is 3.39. The van der Waals surface area contributed by atoms with Gasteiger partial charge in [-0.1, -0.05) is 13.3 Å². The van der Waals surface area contributed by atoms with E-state index in [1.54, 1.807) is 0 Å². The molecule has 3 nitrogen and oxygen atoms in total. The van der Waals surface area contributed by atoms with E-state index in [-0.39, 0.29) is 5.91 Å². The summed E-state index contributed by atoms with van der Waals surface area (Å²) in [6.45, 7) is 3.27. The van der Waals surface area contributed by atoms with Crippen LogP contribution in [0.5, 0.6) is 0 Å². The summed E-state index contributed by atoms with van der Waals surface area (Å²) in [6.07, 6.45) is 5.45. The van der Waals surface area contributed by atoms with Gasteiger partial charge >= 0.3 is 0 Å². The lowest BCUT2D eigenvalue weighted by atomic mass is 10.1. The highest BCUT2D eigenvalue weighted by atomic mass is 16.1. The van der Waals surface area contributed by atoms with Gasteiger partial charge in [0.1, 0.15) is 0 Å². The molecule has 1 aliphatic carbocycles. The topological polar surface area (TPSA) is 41.1 Å². The van der Waals surface area contributed by atoms with Crippen molar-refractivity contribution in [3.8, 4) is 0 Å². The van der Waals surface area contributed by atoms with Gasteiger partial charge in [-0.25, -0.2) is 0 Å². The summed E-state index contributed by atoms with van der Waals surface area (Å²) in [4.78, 5) is 11.6. The van der Waals surface area contributed by atoms with Crippen LogP contribution in [-0.2, 0) is 4.79 Å². The number of carbonyl (C=O) groups is 1. The van der Waals surface area contributed by atoms with Gasteiger partial charge in [0.15, 0.2) is 0 Å². The first-order valence-electron chi connectivity index (χ1n) is 5.82.